The van der Waals surface area contributed by atoms with Gasteiger partial charge in [0, 0.05) is 13.1 Å². The van der Waals surface area contributed by atoms with Crippen LogP contribution in [0.2, 0.25) is 0 Å². The van der Waals surface area contributed by atoms with Crippen molar-refractivity contribution in [1.29, 1.82) is 0 Å². The number of amides is 2. The number of hydrogen-bond acceptors (Lipinski definition) is 4. The van der Waals surface area contributed by atoms with Crippen molar-refractivity contribution in [2.45, 2.75) is 19.9 Å². The van der Waals surface area contributed by atoms with Gasteiger partial charge >= 0.3 is 5.97 Å². The predicted octanol–water partition coefficient (Wildman–Crippen LogP) is 1.40. The molecule has 7 heteroatoms. The van der Waals surface area contributed by atoms with Crippen molar-refractivity contribution in [2.75, 3.05) is 26.2 Å². The van der Waals surface area contributed by atoms with E-state index >= 15 is 0 Å². The first-order chi connectivity index (χ1) is 11.8. The lowest BCUT2D eigenvalue weighted by molar-refractivity contribution is -0.148. The Morgan fingerprint density at radius 3 is 2.64 bits per heavy atom. The molecule has 1 N–H and O–H groups in total. The molecule has 1 atom stereocenters. The molecule has 2 rings (SSSR count). The number of piperazine rings is 1. The lowest BCUT2D eigenvalue weighted by Gasteiger charge is -2.38. The molecule has 0 spiro atoms. The zero-order valence-corrected chi connectivity index (χ0v) is 14.4. The SMILES string of the molecule is C=C(C)COc1ccccc1C(=O)N1CCN(CC(=O)O)C(=O)C1C. The molecule has 1 aromatic rings. The number of hydrogen-bond donors (Lipinski definition) is 1. The molecule has 1 fully saturated rings. The van der Waals surface area contributed by atoms with Gasteiger partial charge in [0.2, 0.25) is 5.91 Å². The fourth-order valence-corrected chi connectivity index (χ4v) is 2.65. The highest BCUT2D eigenvalue weighted by molar-refractivity contribution is 6.00. The van der Waals surface area contributed by atoms with Gasteiger partial charge in [-0.05, 0) is 31.6 Å². The van der Waals surface area contributed by atoms with Crippen LogP contribution in [-0.2, 0) is 9.59 Å². The zero-order chi connectivity index (χ0) is 18.6. The van der Waals surface area contributed by atoms with Crippen LogP contribution in [-0.4, -0.2) is 65.0 Å². The van der Waals surface area contributed by atoms with Gasteiger partial charge < -0.3 is 19.6 Å². The van der Waals surface area contributed by atoms with Gasteiger partial charge in [0.1, 0.15) is 24.9 Å². The minimum absolute atomic E-state index is 0.190. The largest absolute Gasteiger partial charge is 0.488 e. The van der Waals surface area contributed by atoms with Gasteiger partial charge in [-0.15, -0.1) is 0 Å². The van der Waals surface area contributed by atoms with E-state index in [1.165, 1.54) is 9.80 Å². The second kappa shape index (κ2) is 7.83. The predicted molar refractivity (Wildman–Crippen MR) is 91.5 cm³/mol. The number of carboxylic acid groups (broad SMARTS) is 1. The van der Waals surface area contributed by atoms with Gasteiger partial charge in [-0.3, -0.25) is 14.4 Å². The summed E-state index contributed by atoms with van der Waals surface area (Å²) in [5.41, 5.74) is 1.20. The summed E-state index contributed by atoms with van der Waals surface area (Å²) < 4.78 is 5.63. The quantitative estimate of drug-likeness (QED) is 0.787. The fraction of sp³-hybridized carbons (Fsp3) is 0.389. The molecule has 0 bridgehead atoms. The first-order valence-corrected chi connectivity index (χ1v) is 7.99. The maximum absolute atomic E-state index is 12.9. The number of ether oxygens (including phenoxy) is 1. The molecule has 1 heterocycles. The Hall–Kier alpha value is -2.83. The summed E-state index contributed by atoms with van der Waals surface area (Å²) >= 11 is 0. The number of carbonyl (C=O) groups excluding carboxylic acids is 2. The Balaban J connectivity index is 2.17. The molecule has 25 heavy (non-hydrogen) atoms. The first kappa shape index (κ1) is 18.5. The minimum Gasteiger partial charge on any atom is -0.488 e. The Kier molecular flexibility index (Phi) is 5.80. The van der Waals surface area contributed by atoms with Gasteiger partial charge in [0.25, 0.3) is 5.91 Å². The van der Waals surface area contributed by atoms with Crippen molar-refractivity contribution in [3.8, 4) is 5.75 Å². The lowest BCUT2D eigenvalue weighted by Crippen LogP contribution is -2.58. The van der Waals surface area contributed by atoms with E-state index in [0.29, 0.717) is 17.9 Å². The standard InChI is InChI=1S/C18H22N2O5/c1-12(2)11-25-15-7-5-4-6-14(15)18(24)20-9-8-19(10-16(21)22)17(23)13(20)3/h4-7,13H,1,8-11H2,2-3H3,(H,21,22). The van der Waals surface area contributed by atoms with Crippen LogP contribution in [0.1, 0.15) is 24.2 Å². The van der Waals surface area contributed by atoms with Gasteiger partial charge in [-0.2, -0.15) is 0 Å². The highest BCUT2D eigenvalue weighted by Crippen LogP contribution is 2.23. The van der Waals surface area contributed by atoms with Crippen molar-refractivity contribution in [2.24, 2.45) is 0 Å². The average molecular weight is 346 g/mol. The summed E-state index contributed by atoms with van der Waals surface area (Å²) in [6.07, 6.45) is 0. The molecule has 1 aromatic carbocycles. The molecule has 1 aliphatic rings. The van der Waals surface area contributed by atoms with Crippen molar-refractivity contribution < 1.29 is 24.2 Å². The van der Waals surface area contributed by atoms with Crippen molar-refractivity contribution in [3.63, 3.8) is 0 Å². The number of para-hydroxylation sites is 1. The van der Waals surface area contributed by atoms with Crippen LogP contribution >= 0.6 is 0 Å². The van der Waals surface area contributed by atoms with Crippen molar-refractivity contribution in [1.82, 2.24) is 9.80 Å². The smallest absolute Gasteiger partial charge is 0.323 e. The van der Waals surface area contributed by atoms with Gasteiger partial charge in [0.05, 0.1) is 5.56 Å². The Labute approximate surface area is 146 Å². The molecule has 2 amide bonds. The number of carbonyl (C=O) groups is 3. The Morgan fingerprint density at radius 1 is 1.32 bits per heavy atom. The van der Waals surface area contributed by atoms with E-state index in [1.807, 2.05) is 6.92 Å². The van der Waals surface area contributed by atoms with Crippen molar-refractivity contribution >= 4 is 17.8 Å². The lowest BCUT2D eigenvalue weighted by atomic mass is 10.1. The summed E-state index contributed by atoms with van der Waals surface area (Å²) in [5.74, 6) is -1.32. The van der Waals surface area contributed by atoms with E-state index in [9.17, 15) is 14.4 Å². The third-order valence-electron chi connectivity index (χ3n) is 3.93. The van der Waals surface area contributed by atoms with Crippen LogP contribution in [0.15, 0.2) is 36.4 Å². The summed E-state index contributed by atoms with van der Waals surface area (Å²) in [6.45, 7) is 7.60. The maximum Gasteiger partial charge on any atom is 0.323 e. The maximum atomic E-state index is 12.9. The third-order valence-corrected chi connectivity index (χ3v) is 3.93. The van der Waals surface area contributed by atoms with Crippen LogP contribution < -0.4 is 4.74 Å². The van der Waals surface area contributed by atoms with E-state index < -0.39 is 12.0 Å². The van der Waals surface area contributed by atoms with E-state index in [2.05, 4.69) is 6.58 Å². The van der Waals surface area contributed by atoms with Gasteiger partial charge in [-0.25, -0.2) is 0 Å². The second-order valence-electron chi connectivity index (χ2n) is 6.07. The topological polar surface area (TPSA) is 87.2 Å². The molecule has 134 valence electrons. The number of benzene rings is 1. The van der Waals surface area contributed by atoms with Crippen LogP contribution in [0.5, 0.6) is 5.75 Å². The highest BCUT2D eigenvalue weighted by atomic mass is 16.5. The highest BCUT2D eigenvalue weighted by Gasteiger charge is 2.36. The molecule has 1 saturated heterocycles. The first-order valence-electron chi connectivity index (χ1n) is 7.99. The van der Waals surface area contributed by atoms with Crippen molar-refractivity contribution in [3.05, 3.63) is 42.0 Å². The molecule has 0 radical (unpaired) electrons. The van der Waals surface area contributed by atoms with Crippen LogP contribution in [0, 0.1) is 0 Å². The monoisotopic (exact) mass is 346 g/mol. The molecule has 0 aliphatic carbocycles. The van der Waals surface area contributed by atoms with Crippen LogP contribution in [0.4, 0.5) is 0 Å². The molecule has 1 aliphatic heterocycles. The van der Waals surface area contributed by atoms with Gasteiger partial charge in [-0.1, -0.05) is 18.7 Å². The minimum atomic E-state index is -1.07. The summed E-state index contributed by atoms with van der Waals surface area (Å²) in [4.78, 5) is 38.7. The Morgan fingerprint density at radius 2 is 2.00 bits per heavy atom. The van der Waals surface area contributed by atoms with E-state index in [-0.39, 0.29) is 31.4 Å². The Bertz CT molecular complexity index is 700. The van der Waals surface area contributed by atoms with E-state index in [4.69, 9.17) is 9.84 Å². The fourth-order valence-electron chi connectivity index (χ4n) is 2.65. The summed E-state index contributed by atoms with van der Waals surface area (Å²) in [7, 11) is 0. The molecule has 1 unspecified atom stereocenters. The third kappa shape index (κ3) is 4.37. The molecule has 7 nitrogen and oxygen atoms in total. The number of carboxylic acids is 1. The van der Waals surface area contributed by atoms with E-state index in [0.717, 1.165) is 5.57 Å². The summed E-state index contributed by atoms with van der Waals surface area (Å²) in [6, 6.07) is 6.12. The van der Waals surface area contributed by atoms with Crippen LogP contribution in [0.3, 0.4) is 0 Å². The second-order valence-corrected chi connectivity index (χ2v) is 6.07. The molecular formula is C18H22N2O5. The zero-order valence-electron chi connectivity index (χ0n) is 14.4. The van der Waals surface area contributed by atoms with Gasteiger partial charge in [0.15, 0.2) is 0 Å². The summed E-state index contributed by atoms with van der Waals surface area (Å²) in [5, 5.41) is 8.87. The number of nitrogens with zero attached hydrogens (tertiary/aromatic N) is 2. The van der Waals surface area contributed by atoms with E-state index in [1.54, 1.807) is 31.2 Å². The normalized spacial score (nSPS) is 17.4. The average Bonchev–Trinajstić information content (AvgIpc) is 2.56. The number of aliphatic carboxylic acids is 1. The van der Waals surface area contributed by atoms with Crippen LogP contribution in [0.25, 0.3) is 0 Å². The molecule has 0 aromatic heterocycles. The molecular weight excluding hydrogens is 324 g/mol. The molecule has 0 saturated carbocycles. The number of rotatable bonds is 6.